The molecule has 3 aliphatic rings. The molecule has 0 aromatic heterocycles. The first-order valence-corrected chi connectivity index (χ1v) is 7.51. The first-order chi connectivity index (χ1) is 8.02. The molecule has 1 N–H and O–H groups in total. The van der Waals surface area contributed by atoms with E-state index >= 15 is 0 Å². The average Bonchev–Trinajstić information content (AvgIpc) is 2.89. The Labute approximate surface area is 106 Å². The highest BCUT2D eigenvalue weighted by molar-refractivity contribution is 4.99. The Balaban J connectivity index is 1.51. The highest BCUT2D eigenvalue weighted by Crippen LogP contribution is 2.37. The topological polar surface area (TPSA) is 15.3 Å². The molecule has 2 bridgehead atoms. The van der Waals surface area contributed by atoms with Gasteiger partial charge in [0.1, 0.15) is 0 Å². The molecule has 0 radical (unpaired) electrons. The lowest BCUT2D eigenvalue weighted by Crippen LogP contribution is -2.35. The lowest BCUT2D eigenvalue weighted by Gasteiger charge is -2.29. The Morgan fingerprint density at radius 1 is 1.18 bits per heavy atom. The third kappa shape index (κ3) is 2.39. The van der Waals surface area contributed by atoms with Crippen LogP contribution in [0.15, 0.2) is 0 Å². The standard InChI is InChI=1S/C15H28N2/c1-15(2,3)12-6-7-17(10-12)9-11-8-13-4-5-14(11)16-13/h11-14,16H,4-10H2,1-3H3. The van der Waals surface area contributed by atoms with Gasteiger partial charge in [-0.15, -0.1) is 0 Å². The summed E-state index contributed by atoms with van der Waals surface area (Å²) < 4.78 is 0. The van der Waals surface area contributed by atoms with Crippen molar-refractivity contribution in [2.24, 2.45) is 17.3 Å². The van der Waals surface area contributed by atoms with Crippen molar-refractivity contribution in [1.82, 2.24) is 10.2 Å². The molecule has 0 aromatic rings. The van der Waals surface area contributed by atoms with Gasteiger partial charge in [0.05, 0.1) is 0 Å². The summed E-state index contributed by atoms with van der Waals surface area (Å²) in [5, 5.41) is 3.77. The van der Waals surface area contributed by atoms with Crippen molar-refractivity contribution in [3.05, 3.63) is 0 Å². The summed E-state index contributed by atoms with van der Waals surface area (Å²) in [6.07, 6.45) is 5.73. The smallest absolute Gasteiger partial charge is 0.0111 e. The van der Waals surface area contributed by atoms with Crippen molar-refractivity contribution in [2.45, 2.75) is 58.5 Å². The van der Waals surface area contributed by atoms with Crippen LogP contribution in [0.3, 0.4) is 0 Å². The molecule has 4 atom stereocenters. The van der Waals surface area contributed by atoms with Gasteiger partial charge in [-0.1, -0.05) is 20.8 Å². The molecule has 0 aliphatic carbocycles. The number of nitrogens with one attached hydrogen (secondary N) is 1. The summed E-state index contributed by atoms with van der Waals surface area (Å²) in [4.78, 5) is 2.74. The second-order valence-corrected chi connectivity index (χ2v) is 7.65. The van der Waals surface area contributed by atoms with E-state index in [1.54, 1.807) is 0 Å². The average molecular weight is 236 g/mol. The van der Waals surface area contributed by atoms with Crippen LogP contribution in [0.25, 0.3) is 0 Å². The number of hydrogen-bond donors (Lipinski definition) is 1. The van der Waals surface area contributed by atoms with E-state index in [0.717, 1.165) is 23.9 Å². The zero-order valence-corrected chi connectivity index (χ0v) is 11.7. The molecular formula is C15H28N2. The van der Waals surface area contributed by atoms with E-state index in [-0.39, 0.29) is 0 Å². The van der Waals surface area contributed by atoms with Crippen molar-refractivity contribution < 1.29 is 0 Å². The van der Waals surface area contributed by atoms with Crippen LogP contribution in [0.2, 0.25) is 0 Å². The van der Waals surface area contributed by atoms with E-state index in [0.29, 0.717) is 5.41 Å². The molecule has 2 heteroatoms. The van der Waals surface area contributed by atoms with Crippen LogP contribution in [-0.2, 0) is 0 Å². The lowest BCUT2D eigenvalue weighted by molar-refractivity contribution is 0.204. The molecule has 3 saturated heterocycles. The molecule has 4 unspecified atom stereocenters. The quantitative estimate of drug-likeness (QED) is 0.792. The van der Waals surface area contributed by atoms with E-state index in [2.05, 4.69) is 31.0 Å². The van der Waals surface area contributed by atoms with Gasteiger partial charge in [0.2, 0.25) is 0 Å². The Bertz CT molecular complexity index is 281. The fourth-order valence-electron chi connectivity index (χ4n) is 4.18. The highest BCUT2D eigenvalue weighted by Gasteiger charge is 2.41. The molecule has 3 rings (SSSR count). The molecule has 0 amide bonds. The minimum Gasteiger partial charge on any atom is -0.311 e. The van der Waals surface area contributed by atoms with Crippen LogP contribution in [0.1, 0.15) is 46.5 Å². The van der Waals surface area contributed by atoms with Gasteiger partial charge in [0.25, 0.3) is 0 Å². The molecule has 3 aliphatic heterocycles. The predicted octanol–water partition coefficient (Wildman–Crippen LogP) is 2.49. The number of rotatable bonds is 2. The Kier molecular flexibility index (Phi) is 2.99. The van der Waals surface area contributed by atoms with Crippen LogP contribution >= 0.6 is 0 Å². The summed E-state index contributed by atoms with van der Waals surface area (Å²) in [5.74, 6) is 1.86. The van der Waals surface area contributed by atoms with Gasteiger partial charge in [-0.2, -0.15) is 0 Å². The van der Waals surface area contributed by atoms with Crippen LogP contribution in [0.4, 0.5) is 0 Å². The number of nitrogens with zero attached hydrogens (tertiary/aromatic N) is 1. The SMILES string of the molecule is CC(C)(C)C1CCN(CC2CC3CCC2N3)C1. The third-order valence-corrected chi connectivity index (χ3v) is 5.42. The molecule has 0 spiro atoms. The highest BCUT2D eigenvalue weighted by atomic mass is 15.2. The van der Waals surface area contributed by atoms with Crippen LogP contribution in [-0.4, -0.2) is 36.6 Å². The Morgan fingerprint density at radius 2 is 2.00 bits per heavy atom. The molecular weight excluding hydrogens is 208 g/mol. The van der Waals surface area contributed by atoms with Gasteiger partial charge in [-0.05, 0) is 49.5 Å². The molecule has 3 heterocycles. The van der Waals surface area contributed by atoms with Crippen LogP contribution in [0.5, 0.6) is 0 Å². The molecule has 98 valence electrons. The van der Waals surface area contributed by atoms with Gasteiger partial charge >= 0.3 is 0 Å². The Hall–Kier alpha value is -0.0800. The summed E-state index contributed by atoms with van der Waals surface area (Å²) >= 11 is 0. The van der Waals surface area contributed by atoms with E-state index in [4.69, 9.17) is 0 Å². The van der Waals surface area contributed by atoms with Crippen molar-refractivity contribution in [3.63, 3.8) is 0 Å². The molecule has 0 saturated carbocycles. The normalized spacial score (nSPS) is 42.5. The maximum Gasteiger partial charge on any atom is 0.0111 e. The van der Waals surface area contributed by atoms with Crippen LogP contribution in [0, 0.1) is 17.3 Å². The van der Waals surface area contributed by atoms with Gasteiger partial charge in [-0.3, -0.25) is 0 Å². The lowest BCUT2D eigenvalue weighted by atomic mass is 9.80. The second kappa shape index (κ2) is 4.24. The van der Waals surface area contributed by atoms with Crippen LogP contribution < -0.4 is 5.32 Å². The zero-order valence-electron chi connectivity index (χ0n) is 11.7. The summed E-state index contributed by atoms with van der Waals surface area (Å²) in [6.45, 7) is 11.3. The van der Waals surface area contributed by atoms with Crippen molar-refractivity contribution in [3.8, 4) is 0 Å². The van der Waals surface area contributed by atoms with E-state index < -0.39 is 0 Å². The Morgan fingerprint density at radius 3 is 2.53 bits per heavy atom. The molecule has 2 nitrogen and oxygen atoms in total. The maximum atomic E-state index is 3.77. The molecule has 17 heavy (non-hydrogen) atoms. The van der Waals surface area contributed by atoms with E-state index in [1.807, 2.05) is 0 Å². The summed E-state index contributed by atoms with van der Waals surface area (Å²) in [7, 11) is 0. The number of fused-ring (bicyclic) bond motifs is 2. The summed E-state index contributed by atoms with van der Waals surface area (Å²) in [5.41, 5.74) is 0.502. The number of hydrogen-bond acceptors (Lipinski definition) is 2. The van der Waals surface area contributed by atoms with Gasteiger partial charge < -0.3 is 10.2 Å². The molecule has 0 aromatic carbocycles. The minimum absolute atomic E-state index is 0.502. The maximum absolute atomic E-state index is 3.77. The molecule has 3 fully saturated rings. The minimum atomic E-state index is 0.502. The second-order valence-electron chi connectivity index (χ2n) is 7.65. The van der Waals surface area contributed by atoms with Gasteiger partial charge in [-0.25, -0.2) is 0 Å². The van der Waals surface area contributed by atoms with Crippen molar-refractivity contribution >= 4 is 0 Å². The van der Waals surface area contributed by atoms with E-state index in [9.17, 15) is 0 Å². The number of likely N-dealkylation sites (tertiary alicyclic amines) is 1. The monoisotopic (exact) mass is 236 g/mol. The van der Waals surface area contributed by atoms with Crippen molar-refractivity contribution in [1.29, 1.82) is 0 Å². The van der Waals surface area contributed by atoms with Gasteiger partial charge in [0.15, 0.2) is 0 Å². The first-order valence-electron chi connectivity index (χ1n) is 7.51. The fraction of sp³-hybridized carbons (Fsp3) is 1.00. The first kappa shape index (κ1) is 12.0. The zero-order chi connectivity index (χ0) is 12.0. The van der Waals surface area contributed by atoms with Gasteiger partial charge in [0, 0.05) is 25.2 Å². The van der Waals surface area contributed by atoms with Crippen molar-refractivity contribution in [2.75, 3.05) is 19.6 Å². The largest absolute Gasteiger partial charge is 0.311 e. The van der Waals surface area contributed by atoms with E-state index in [1.165, 1.54) is 45.3 Å². The third-order valence-electron chi connectivity index (χ3n) is 5.42. The fourth-order valence-corrected chi connectivity index (χ4v) is 4.18. The summed E-state index contributed by atoms with van der Waals surface area (Å²) in [6, 6.07) is 1.72. The predicted molar refractivity (Wildman–Crippen MR) is 72.1 cm³/mol.